The molecule has 3 rings (SSSR count). The molecule has 4 N–H and O–H groups in total. The lowest BCUT2D eigenvalue weighted by Gasteiger charge is -2.25. The van der Waals surface area contributed by atoms with E-state index in [1.165, 1.54) is 44.6 Å². The van der Waals surface area contributed by atoms with Crippen molar-refractivity contribution in [3.63, 3.8) is 0 Å². The van der Waals surface area contributed by atoms with Gasteiger partial charge in [-0.25, -0.2) is 0 Å². The molecule has 0 bridgehead atoms. The number of aliphatic hydroxyl groups is 1. The quantitative estimate of drug-likeness (QED) is 0.301. The van der Waals surface area contributed by atoms with Crippen LogP contribution in [0.15, 0.2) is 28.8 Å². The minimum absolute atomic E-state index is 0.297. The summed E-state index contributed by atoms with van der Waals surface area (Å²) in [5.74, 6) is 0.898. The number of aliphatic hydroxyl groups excluding tert-OH is 1. The van der Waals surface area contributed by atoms with E-state index < -0.39 is 23.5 Å². The summed E-state index contributed by atoms with van der Waals surface area (Å²) in [4.78, 5) is 1.81. The van der Waals surface area contributed by atoms with Gasteiger partial charge >= 0.3 is 6.18 Å². The van der Waals surface area contributed by atoms with Crippen molar-refractivity contribution in [2.75, 3.05) is 20.2 Å². The van der Waals surface area contributed by atoms with Gasteiger partial charge in [-0.1, -0.05) is 77.4 Å². The number of aryl methyl sites for hydroxylation is 1. The molecule has 1 aliphatic heterocycles. The third kappa shape index (κ3) is 9.98. The first-order chi connectivity index (χ1) is 17.9. The molecule has 0 fully saturated rings. The highest BCUT2D eigenvalue weighted by Gasteiger charge is 2.35. The molecule has 2 unspecified atom stereocenters. The second-order valence-corrected chi connectivity index (χ2v) is 9.87. The van der Waals surface area contributed by atoms with Crippen LogP contribution in [-0.4, -0.2) is 40.5 Å². The van der Waals surface area contributed by atoms with E-state index in [9.17, 15) is 18.3 Å². The number of unbranched alkanes of at least 4 members (excludes halogenated alkanes) is 3. The number of phenolic OH excluding ortho intramolecular Hbond substituents is 1. The van der Waals surface area contributed by atoms with Gasteiger partial charge < -0.3 is 20.5 Å². The van der Waals surface area contributed by atoms with Crippen molar-refractivity contribution in [2.24, 2.45) is 11.7 Å². The van der Waals surface area contributed by atoms with E-state index in [4.69, 9.17) is 15.4 Å². The first-order valence-corrected chi connectivity index (χ1v) is 13.6. The Hall–Kier alpha value is -2.52. The van der Waals surface area contributed by atoms with Gasteiger partial charge in [-0.3, -0.25) is 4.90 Å². The molecule has 0 amide bonds. The molecule has 6 nitrogen and oxygen atoms in total. The van der Waals surface area contributed by atoms with Crippen LogP contribution in [0.5, 0.6) is 5.75 Å². The van der Waals surface area contributed by atoms with E-state index in [1.54, 1.807) is 20.0 Å². The molecule has 0 saturated heterocycles. The highest BCUT2D eigenvalue weighted by Crippen LogP contribution is 2.41. The summed E-state index contributed by atoms with van der Waals surface area (Å²) < 4.78 is 43.8. The monoisotopic (exact) mass is 541 g/mol. The average Bonchev–Trinajstić information content (AvgIpc) is 3.20. The molecule has 1 aliphatic rings. The number of aromatic hydroxyl groups is 1. The number of likely N-dealkylation sites (N-methyl/N-ethyl adjacent to an activating group) is 1. The van der Waals surface area contributed by atoms with Gasteiger partial charge in [-0.15, -0.1) is 0 Å². The highest BCUT2D eigenvalue weighted by molar-refractivity contribution is 5.68. The lowest BCUT2D eigenvalue weighted by Crippen LogP contribution is -2.25. The number of rotatable bonds is 8. The van der Waals surface area contributed by atoms with Crippen LogP contribution in [0.2, 0.25) is 0 Å². The SMILES string of the molecule is CCCCCCC(C)CC.CCCO.Cc1noc2c1C(N)=CCN(C)C2c1ccc(C(F)(F)F)cc1O. The molecule has 1 aromatic heterocycles. The number of halogens is 3. The van der Waals surface area contributed by atoms with Gasteiger partial charge in [0.15, 0.2) is 5.76 Å². The van der Waals surface area contributed by atoms with E-state index in [0.717, 1.165) is 18.4 Å². The topological polar surface area (TPSA) is 95.8 Å². The van der Waals surface area contributed by atoms with E-state index in [0.29, 0.717) is 47.5 Å². The van der Waals surface area contributed by atoms with Crippen molar-refractivity contribution in [2.45, 2.75) is 91.8 Å². The molecule has 2 atom stereocenters. The molecule has 0 radical (unpaired) electrons. The maximum absolute atomic E-state index is 12.8. The average molecular weight is 542 g/mol. The van der Waals surface area contributed by atoms with Gasteiger partial charge in [0.05, 0.1) is 16.8 Å². The molecule has 216 valence electrons. The molecule has 1 aromatic carbocycles. The first kappa shape index (κ1) is 33.5. The zero-order valence-electron chi connectivity index (χ0n) is 23.7. The summed E-state index contributed by atoms with van der Waals surface area (Å²) in [6, 6.07) is 2.31. The molecule has 0 saturated carbocycles. The van der Waals surface area contributed by atoms with Gasteiger partial charge in [0.2, 0.25) is 0 Å². The number of phenols is 1. The molecular formula is C29H46F3N3O3. The zero-order chi connectivity index (χ0) is 28.9. The van der Waals surface area contributed by atoms with Crippen LogP contribution in [0.3, 0.4) is 0 Å². The summed E-state index contributed by atoms with van der Waals surface area (Å²) >= 11 is 0. The summed E-state index contributed by atoms with van der Waals surface area (Å²) in [6.45, 7) is 11.3. The van der Waals surface area contributed by atoms with Crippen LogP contribution in [0.1, 0.15) is 107 Å². The Morgan fingerprint density at radius 3 is 2.34 bits per heavy atom. The largest absolute Gasteiger partial charge is 0.508 e. The van der Waals surface area contributed by atoms with Crippen LogP contribution in [0.4, 0.5) is 13.2 Å². The van der Waals surface area contributed by atoms with Crippen LogP contribution in [0.25, 0.3) is 5.70 Å². The number of fused-ring (bicyclic) bond motifs is 1. The van der Waals surface area contributed by atoms with Crippen LogP contribution < -0.4 is 5.73 Å². The standard InChI is InChI=1S/C16H16F3N3O2.C10H22.C3H8O/c1-8-13-11(20)5-6-22(2)14(15(13)24-21-8)10-4-3-9(7-12(10)23)16(17,18)19;1-4-6-7-8-9-10(3)5-2;1-2-3-4/h3-5,7,14,23H,6,20H2,1-2H3;10H,4-9H2,1-3H3;4H,2-3H2,1H3. The van der Waals surface area contributed by atoms with Gasteiger partial charge in [-0.2, -0.15) is 13.2 Å². The molecule has 38 heavy (non-hydrogen) atoms. The second-order valence-electron chi connectivity index (χ2n) is 9.87. The van der Waals surface area contributed by atoms with Crippen LogP contribution >= 0.6 is 0 Å². The predicted octanol–water partition coefficient (Wildman–Crippen LogP) is 7.43. The lowest BCUT2D eigenvalue weighted by atomic mass is 9.97. The number of hydrogen-bond acceptors (Lipinski definition) is 6. The molecular weight excluding hydrogens is 495 g/mol. The third-order valence-electron chi connectivity index (χ3n) is 6.59. The maximum atomic E-state index is 12.8. The van der Waals surface area contributed by atoms with Crippen molar-refractivity contribution in [3.8, 4) is 5.75 Å². The van der Waals surface area contributed by atoms with Crippen molar-refractivity contribution in [3.05, 3.63) is 52.4 Å². The number of nitrogens with zero attached hydrogens (tertiary/aromatic N) is 2. The Bertz CT molecular complexity index is 987. The zero-order valence-corrected chi connectivity index (χ0v) is 23.7. The van der Waals surface area contributed by atoms with Crippen molar-refractivity contribution in [1.82, 2.24) is 10.1 Å². The molecule has 2 heterocycles. The fourth-order valence-corrected chi connectivity index (χ4v) is 4.03. The summed E-state index contributed by atoms with van der Waals surface area (Å²) in [5, 5.41) is 22.0. The smallest absolute Gasteiger partial charge is 0.416 e. The molecule has 9 heteroatoms. The minimum Gasteiger partial charge on any atom is -0.508 e. The Morgan fingerprint density at radius 2 is 1.82 bits per heavy atom. The number of benzene rings is 1. The van der Waals surface area contributed by atoms with E-state index >= 15 is 0 Å². The fourth-order valence-electron chi connectivity index (χ4n) is 4.03. The second kappa shape index (κ2) is 16.4. The van der Waals surface area contributed by atoms with Gasteiger partial charge in [0.25, 0.3) is 0 Å². The first-order valence-electron chi connectivity index (χ1n) is 13.6. The summed E-state index contributed by atoms with van der Waals surface area (Å²) in [6.07, 6.45) is 6.61. The molecule has 2 aromatic rings. The minimum atomic E-state index is -4.52. The van der Waals surface area contributed by atoms with E-state index in [-0.39, 0.29) is 0 Å². The number of hydrogen-bond donors (Lipinski definition) is 3. The summed E-state index contributed by atoms with van der Waals surface area (Å²) in [5.41, 5.74) is 7.12. The Morgan fingerprint density at radius 1 is 1.16 bits per heavy atom. The van der Waals surface area contributed by atoms with Gasteiger partial charge in [0, 0.05) is 24.4 Å². The van der Waals surface area contributed by atoms with Gasteiger partial charge in [0.1, 0.15) is 11.8 Å². The van der Waals surface area contributed by atoms with E-state index in [2.05, 4.69) is 25.9 Å². The Labute approximate surface area is 225 Å². The molecule has 0 spiro atoms. The van der Waals surface area contributed by atoms with Crippen molar-refractivity contribution >= 4 is 5.70 Å². The van der Waals surface area contributed by atoms with Crippen LogP contribution in [0, 0.1) is 12.8 Å². The Balaban J connectivity index is 0.000000431. The highest BCUT2D eigenvalue weighted by atomic mass is 19.4. The van der Waals surface area contributed by atoms with Crippen LogP contribution in [-0.2, 0) is 6.18 Å². The normalized spacial score (nSPS) is 16.3. The number of nitrogens with two attached hydrogens (primary N) is 1. The van der Waals surface area contributed by atoms with Crippen molar-refractivity contribution < 1.29 is 27.9 Å². The van der Waals surface area contributed by atoms with Gasteiger partial charge in [-0.05, 0) is 44.5 Å². The number of aromatic nitrogens is 1. The Kier molecular flexibility index (Phi) is 14.5. The maximum Gasteiger partial charge on any atom is 0.416 e. The lowest BCUT2D eigenvalue weighted by molar-refractivity contribution is -0.137. The molecule has 0 aliphatic carbocycles. The fraction of sp³-hybridized carbons (Fsp3) is 0.621. The summed E-state index contributed by atoms with van der Waals surface area (Å²) in [7, 11) is 1.76. The predicted molar refractivity (Wildman–Crippen MR) is 147 cm³/mol. The number of alkyl halides is 3. The third-order valence-corrected chi connectivity index (χ3v) is 6.59. The van der Waals surface area contributed by atoms with E-state index in [1.807, 2.05) is 11.8 Å². The van der Waals surface area contributed by atoms with Crippen molar-refractivity contribution in [1.29, 1.82) is 0 Å².